The topological polar surface area (TPSA) is 41.1 Å². The van der Waals surface area contributed by atoms with Crippen molar-refractivity contribution in [1.82, 2.24) is 10.6 Å². The Labute approximate surface area is 148 Å². The highest BCUT2D eigenvalue weighted by molar-refractivity contribution is 14.1. The standard InChI is InChI=1S/C16H22BrIN2O/c1-15(2)8-11(9-16(3,4)20-15)19-14(21)12-7-10(18)5-6-13(12)17/h5-7,11,20H,8-9H2,1-4H3,(H,19,21). The van der Waals surface area contributed by atoms with E-state index in [4.69, 9.17) is 0 Å². The summed E-state index contributed by atoms with van der Waals surface area (Å²) in [5, 5.41) is 6.84. The van der Waals surface area contributed by atoms with Gasteiger partial charge in [0.15, 0.2) is 0 Å². The molecule has 0 aromatic heterocycles. The van der Waals surface area contributed by atoms with Gasteiger partial charge in [-0.1, -0.05) is 0 Å². The van der Waals surface area contributed by atoms with E-state index < -0.39 is 0 Å². The van der Waals surface area contributed by atoms with Gasteiger partial charge < -0.3 is 10.6 Å². The van der Waals surface area contributed by atoms with Gasteiger partial charge in [-0.25, -0.2) is 0 Å². The molecule has 0 bridgehead atoms. The SMILES string of the molecule is CC1(C)CC(NC(=O)c2cc(I)ccc2Br)CC(C)(C)N1. The smallest absolute Gasteiger partial charge is 0.252 e. The Bertz CT molecular complexity index is 541. The summed E-state index contributed by atoms with van der Waals surface area (Å²) in [7, 11) is 0. The predicted molar refractivity (Wildman–Crippen MR) is 98.6 cm³/mol. The van der Waals surface area contributed by atoms with Gasteiger partial charge in [0.05, 0.1) is 5.56 Å². The number of nitrogens with one attached hydrogen (secondary N) is 2. The van der Waals surface area contributed by atoms with Crippen molar-refractivity contribution in [3.8, 4) is 0 Å². The third-order valence-corrected chi connectivity index (χ3v) is 5.06. The van der Waals surface area contributed by atoms with Crippen LogP contribution in [0, 0.1) is 3.57 Å². The molecule has 1 saturated heterocycles. The second kappa shape index (κ2) is 6.16. The molecule has 0 saturated carbocycles. The Morgan fingerprint density at radius 2 is 1.86 bits per heavy atom. The van der Waals surface area contributed by atoms with E-state index in [1.54, 1.807) is 0 Å². The van der Waals surface area contributed by atoms with Crippen LogP contribution >= 0.6 is 38.5 Å². The summed E-state index contributed by atoms with van der Waals surface area (Å²) < 4.78 is 1.90. The van der Waals surface area contributed by atoms with E-state index in [0.717, 1.165) is 20.9 Å². The first kappa shape index (κ1) is 17.2. The Hall–Kier alpha value is -0.140. The lowest BCUT2D eigenvalue weighted by Crippen LogP contribution is -2.62. The zero-order valence-corrected chi connectivity index (χ0v) is 16.6. The number of benzene rings is 1. The summed E-state index contributed by atoms with van der Waals surface area (Å²) in [6.07, 6.45) is 1.87. The molecule has 1 aliphatic heterocycles. The fourth-order valence-corrected chi connectivity index (χ4v) is 4.28. The Morgan fingerprint density at radius 1 is 1.29 bits per heavy atom. The maximum absolute atomic E-state index is 12.5. The number of hydrogen-bond donors (Lipinski definition) is 2. The minimum atomic E-state index is -0.00103. The van der Waals surface area contributed by atoms with Gasteiger partial charge in [-0.2, -0.15) is 0 Å². The van der Waals surface area contributed by atoms with Crippen molar-refractivity contribution in [2.75, 3.05) is 0 Å². The van der Waals surface area contributed by atoms with Crippen LogP contribution in [-0.4, -0.2) is 23.0 Å². The number of halogens is 2. The maximum Gasteiger partial charge on any atom is 0.252 e. The Kier molecular flexibility index (Phi) is 5.05. The summed E-state index contributed by atoms with van der Waals surface area (Å²) in [4.78, 5) is 12.5. The van der Waals surface area contributed by atoms with Gasteiger partial charge in [0.2, 0.25) is 0 Å². The van der Waals surface area contributed by atoms with Crippen LogP contribution in [0.5, 0.6) is 0 Å². The lowest BCUT2D eigenvalue weighted by molar-refractivity contribution is 0.0872. The van der Waals surface area contributed by atoms with E-state index in [9.17, 15) is 4.79 Å². The molecule has 1 aliphatic rings. The van der Waals surface area contributed by atoms with E-state index in [0.29, 0.717) is 5.56 Å². The van der Waals surface area contributed by atoms with Gasteiger partial charge in [-0.15, -0.1) is 0 Å². The average Bonchev–Trinajstić information content (AvgIpc) is 2.27. The normalized spacial score (nSPS) is 21.0. The molecule has 116 valence electrons. The number of hydrogen-bond acceptors (Lipinski definition) is 2. The van der Waals surface area contributed by atoms with E-state index in [-0.39, 0.29) is 23.0 Å². The van der Waals surface area contributed by atoms with Crippen LogP contribution < -0.4 is 10.6 Å². The van der Waals surface area contributed by atoms with Crippen molar-refractivity contribution in [2.24, 2.45) is 0 Å². The highest BCUT2D eigenvalue weighted by atomic mass is 127. The van der Waals surface area contributed by atoms with Gasteiger partial charge in [0, 0.05) is 25.2 Å². The van der Waals surface area contributed by atoms with Crippen molar-refractivity contribution in [1.29, 1.82) is 0 Å². The van der Waals surface area contributed by atoms with Gasteiger partial charge in [0.25, 0.3) is 5.91 Å². The third kappa shape index (κ3) is 4.66. The molecular formula is C16H22BrIN2O. The summed E-state index contributed by atoms with van der Waals surface area (Å²) in [6, 6.07) is 6.01. The molecule has 1 aromatic carbocycles. The number of carbonyl (C=O) groups excluding carboxylic acids is 1. The number of rotatable bonds is 2. The van der Waals surface area contributed by atoms with Gasteiger partial charge in [-0.3, -0.25) is 4.79 Å². The minimum absolute atomic E-state index is 0.00103. The van der Waals surface area contributed by atoms with Crippen LogP contribution in [0.1, 0.15) is 50.9 Å². The van der Waals surface area contributed by atoms with Crippen LogP contribution in [0.2, 0.25) is 0 Å². The maximum atomic E-state index is 12.5. The minimum Gasteiger partial charge on any atom is -0.349 e. The highest BCUT2D eigenvalue weighted by Crippen LogP contribution is 2.29. The van der Waals surface area contributed by atoms with Crippen LogP contribution in [-0.2, 0) is 0 Å². The third-order valence-electron chi connectivity index (χ3n) is 3.70. The molecule has 1 amide bonds. The Morgan fingerprint density at radius 3 is 2.43 bits per heavy atom. The van der Waals surface area contributed by atoms with Crippen molar-refractivity contribution in [3.63, 3.8) is 0 Å². The van der Waals surface area contributed by atoms with E-state index in [2.05, 4.69) is 76.8 Å². The molecule has 3 nitrogen and oxygen atoms in total. The van der Waals surface area contributed by atoms with Crippen LogP contribution in [0.3, 0.4) is 0 Å². The first-order valence-electron chi connectivity index (χ1n) is 7.13. The van der Waals surface area contributed by atoms with Gasteiger partial charge >= 0.3 is 0 Å². The fourth-order valence-electron chi connectivity index (χ4n) is 3.36. The molecule has 1 heterocycles. The molecule has 0 spiro atoms. The number of amides is 1. The molecule has 2 N–H and O–H groups in total. The summed E-state index contributed by atoms with van der Waals surface area (Å²) in [5.74, 6) is -0.00103. The first-order valence-corrected chi connectivity index (χ1v) is 9.00. The zero-order valence-electron chi connectivity index (χ0n) is 12.9. The monoisotopic (exact) mass is 464 g/mol. The van der Waals surface area contributed by atoms with Crippen LogP contribution in [0.4, 0.5) is 0 Å². The number of carbonyl (C=O) groups is 1. The van der Waals surface area contributed by atoms with E-state index in [1.807, 2.05) is 18.2 Å². The van der Waals surface area contributed by atoms with Crippen LogP contribution in [0.25, 0.3) is 0 Å². The average molecular weight is 465 g/mol. The second-order valence-corrected chi connectivity index (χ2v) is 9.20. The zero-order chi connectivity index (χ0) is 15.8. The molecule has 21 heavy (non-hydrogen) atoms. The van der Waals surface area contributed by atoms with Gasteiger partial charge in [0.1, 0.15) is 0 Å². The van der Waals surface area contributed by atoms with Crippen molar-refractivity contribution in [3.05, 3.63) is 31.8 Å². The summed E-state index contributed by atoms with van der Waals surface area (Å²) in [6.45, 7) is 8.76. The molecule has 0 unspecified atom stereocenters. The van der Waals surface area contributed by atoms with Crippen LogP contribution in [0.15, 0.2) is 22.7 Å². The molecule has 0 radical (unpaired) electrons. The molecule has 1 fully saturated rings. The van der Waals surface area contributed by atoms with Crippen molar-refractivity contribution < 1.29 is 4.79 Å². The van der Waals surface area contributed by atoms with E-state index >= 15 is 0 Å². The van der Waals surface area contributed by atoms with Crippen molar-refractivity contribution >= 4 is 44.4 Å². The lowest BCUT2D eigenvalue weighted by Gasteiger charge is -2.46. The molecule has 5 heteroatoms. The molecular weight excluding hydrogens is 443 g/mol. The Balaban J connectivity index is 2.14. The molecule has 1 aromatic rings. The fraction of sp³-hybridized carbons (Fsp3) is 0.562. The summed E-state index contributed by atoms with van der Waals surface area (Å²) in [5.41, 5.74) is 0.764. The van der Waals surface area contributed by atoms with Crippen molar-refractivity contribution in [2.45, 2.75) is 57.7 Å². The molecule has 0 aliphatic carbocycles. The molecule has 2 rings (SSSR count). The first-order chi connectivity index (χ1) is 9.58. The van der Waals surface area contributed by atoms with Gasteiger partial charge in [-0.05, 0) is 97.3 Å². The van der Waals surface area contributed by atoms with E-state index in [1.165, 1.54) is 0 Å². The highest BCUT2D eigenvalue weighted by Gasteiger charge is 2.38. The quantitative estimate of drug-likeness (QED) is 0.647. The lowest BCUT2D eigenvalue weighted by atomic mass is 9.79. The number of piperidine rings is 1. The predicted octanol–water partition coefficient (Wildman–Crippen LogP) is 4.09. The second-order valence-electron chi connectivity index (χ2n) is 7.10. The largest absolute Gasteiger partial charge is 0.349 e. The molecule has 0 atom stereocenters. The summed E-state index contributed by atoms with van der Waals surface area (Å²) >= 11 is 5.69.